The van der Waals surface area contributed by atoms with Crippen molar-refractivity contribution in [2.75, 3.05) is 13.2 Å². The predicted octanol–water partition coefficient (Wildman–Crippen LogP) is 12.6. The number of hydrogen-bond acceptors (Lipinski definition) is 4. The molecule has 0 aliphatic carbocycles. The van der Waals surface area contributed by atoms with Crippen LogP contribution in [0.5, 0.6) is 11.5 Å². The molecular formula is C40H64O4. The summed E-state index contributed by atoms with van der Waals surface area (Å²) in [5.74, 6) is 0.683. The zero-order chi connectivity index (χ0) is 31.5. The fourth-order valence-electron chi connectivity index (χ4n) is 5.60. The van der Waals surface area contributed by atoms with Gasteiger partial charge in [-0.3, -0.25) is 0 Å². The van der Waals surface area contributed by atoms with Gasteiger partial charge in [0.25, 0.3) is 0 Å². The Labute approximate surface area is 270 Å². The van der Waals surface area contributed by atoms with E-state index in [0.717, 1.165) is 37.9 Å². The van der Waals surface area contributed by atoms with Gasteiger partial charge in [-0.15, -0.1) is 0 Å². The quantitative estimate of drug-likeness (QED) is 0.0547. The van der Waals surface area contributed by atoms with Crippen molar-refractivity contribution < 1.29 is 19.0 Å². The van der Waals surface area contributed by atoms with Gasteiger partial charge in [-0.1, -0.05) is 160 Å². The van der Waals surface area contributed by atoms with E-state index in [-0.39, 0.29) is 12.1 Å². The van der Waals surface area contributed by atoms with Crippen molar-refractivity contribution in [1.29, 1.82) is 0 Å². The summed E-state index contributed by atoms with van der Waals surface area (Å²) in [6.07, 6.45) is 28.2. The van der Waals surface area contributed by atoms with E-state index in [4.69, 9.17) is 14.2 Å². The molecule has 0 fully saturated rings. The lowest BCUT2D eigenvalue weighted by atomic mass is 10.0. The van der Waals surface area contributed by atoms with Crippen molar-refractivity contribution in [3.8, 4) is 11.5 Å². The highest BCUT2D eigenvalue weighted by atomic mass is 16.6. The minimum absolute atomic E-state index is 0.00288. The second kappa shape index (κ2) is 25.9. The van der Waals surface area contributed by atoms with E-state index in [1.165, 1.54) is 109 Å². The van der Waals surface area contributed by atoms with Crippen LogP contribution in [0.3, 0.4) is 0 Å². The van der Waals surface area contributed by atoms with Crippen LogP contribution >= 0.6 is 0 Å². The van der Waals surface area contributed by atoms with E-state index in [1.807, 2.05) is 42.5 Å². The van der Waals surface area contributed by atoms with Crippen LogP contribution in [-0.2, 0) is 4.74 Å². The van der Waals surface area contributed by atoms with Gasteiger partial charge in [0.1, 0.15) is 0 Å². The summed E-state index contributed by atoms with van der Waals surface area (Å²) in [6.45, 7) is 7.93. The first-order valence-corrected chi connectivity index (χ1v) is 18.3. The number of carbonyl (C=O) groups is 1. The van der Waals surface area contributed by atoms with E-state index < -0.39 is 0 Å². The first-order valence-electron chi connectivity index (χ1n) is 18.3. The van der Waals surface area contributed by atoms with Crippen LogP contribution in [-0.4, -0.2) is 19.2 Å². The Morgan fingerprint density at radius 2 is 0.977 bits per heavy atom. The monoisotopic (exact) mass is 608 g/mol. The number of carbonyl (C=O) groups excluding carboxylic acids is 1. The second-order valence-corrected chi connectivity index (χ2v) is 12.5. The maximum Gasteiger partial charge on any atom is 0.343 e. The molecule has 0 saturated carbocycles. The molecule has 0 saturated heterocycles. The molecule has 0 N–H and O–H groups in total. The molecule has 4 heteroatoms. The molecule has 0 radical (unpaired) electrons. The standard InChI is InChI=1S/C40H64O4/c1-4-6-8-9-10-11-12-13-14-15-16-17-18-19-20-21-22-26-33-42-35(3)36-29-31-37(32-30-36)40(41)44-39-28-24-23-27-38(39)43-34-25-7-5-2/h23-24,27-32,35H,4-22,25-26,33-34H2,1-3H3. The lowest BCUT2D eigenvalue weighted by Crippen LogP contribution is -2.10. The predicted molar refractivity (Wildman–Crippen MR) is 186 cm³/mol. The van der Waals surface area contributed by atoms with Gasteiger partial charge < -0.3 is 14.2 Å². The third kappa shape index (κ3) is 17.8. The third-order valence-electron chi connectivity index (χ3n) is 8.54. The van der Waals surface area contributed by atoms with Gasteiger partial charge >= 0.3 is 5.97 Å². The number of para-hydroxylation sites is 2. The first kappa shape index (κ1) is 37.9. The highest BCUT2D eigenvalue weighted by Crippen LogP contribution is 2.28. The van der Waals surface area contributed by atoms with Crippen molar-refractivity contribution in [2.45, 2.75) is 162 Å². The van der Waals surface area contributed by atoms with Crippen LogP contribution in [0.1, 0.15) is 178 Å². The summed E-state index contributed by atoms with van der Waals surface area (Å²) in [4.78, 5) is 12.8. The minimum atomic E-state index is -0.381. The van der Waals surface area contributed by atoms with Gasteiger partial charge in [-0.25, -0.2) is 4.79 Å². The number of ether oxygens (including phenoxy) is 3. The van der Waals surface area contributed by atoms with Crippen LogP contribution < -0.4 is 9.47 Å². The Morgan fingerprint density at radius 1 is 0.545 bits per heavy atom. The average Bonchev–Trinajstić information content (AvgIpc) is 3.04. The molecule has 1 atom stereocenters. The van der Waals surface area contributed by atoms with Crippen molar-refractivity contribution in [3.05, 3.63) is 59.7 Å². The Morgan fingerprint density at radius 3 is 1.50 bits per heavy atom. The molecule has 4 nitrogen and oxygen atoms in total. The minimum Gasteiger partial charge on any atom is -0.490 e. The van der Waals surface area contributed by atoms with Gasteiger partial charge in [0.2, 0.25) is 0 Å². The molecule has 0 heterocycles. The van der Waals surface area contributed by atoms with Crippen LogP contribution in [0.4, 0.5) is 0 Å². The molecule has 1 unspecified atom stereocenters. The van der Waals surface area contributed by atoms with Crippen LogP contribution in [0.25, 0.3) is 0 Å². The molecule has 2 aromatic rings. The SMILES string of the molecule is CCCCCCCCCCCCCCCCCCCCOC(C)c1ccc(C(=O)Oc2ccccc2OCCCCC)cc1. The normalized spacial score (nSPS) is 11.9. The lowest BCUT2D eigenvalue weighted by molar-refractivity contribution is 0.0625. The van der Waals surface area contributed by atoms with Gasteiger partial charge in [-0.2, -0.15) is 0 Å². The lowest BCUT2D eigenvalue weighted by Gasteiger charge is -2.14. The van der Waals surface area contributed by atoms with Crippen molar-refractivity contribution in [1.82, 2.24) is 0 Å². The van der Waals surface area contributed by atoms with Crippen LogP contribution in [0.15, 0.2) is 48.5 Å². The highest BCUT2D eigenvalue weighted by molar-refractivity contribution is 5.91. The van der Waals surface area contributed by atoms with Crippen molar-refractivity contribution in [2.24, 2.45) is 0 Å². The molecule has 44 heavy (non-hydrogen) atoms. The summed E-state index contributed by atoms with van der Waals surface area (Å²) in [6, 6.07) is 14.9. The van der Waals surface area contributed by atoms with E-state index in [0.29, 0.717) is 23.7 Å². The zero-order valence-electron chi connectivity index (χ0n) is 28.6. The Balaban J connectivity index is 1.48. The molecule has 2 rings (SSSR count). The average molecular weight is 609 g/mol. The molecule has 248 valence electrons. The molecule has 0 amide bonds. The third-order valence-corrected chi connectivity index (χ3v) is 8.54. The summed E-state index contributed by atoms with van der Waals surface area (Å²) in [7, 11) is 0. The topological polar surface area (TPSA) is 44.8 Å². The summed E-state index contributed by atoms with van der Waals surface area (Å²) < 4.78 is 17.6. The molecule has 0 aromatic heterocycles. The molecule has 0 aliphatic rings. The van der Waals surface area contributed by atoms with Gasteiger partial charge in [0.05, 0.1) is 18.3 Å². The Kier molecular flexibility index (Phi) is 22.3. The fraction of sp³-hybridized carbons (Fsp3) is 0.675. The van der Waals surface area contributed by atoms with Crippen LogP contribution in [0.2, 0.25) is 0 Å². The van der Waals surface area contributed by atoms with E-state index in [1.54, 1.807) is 6.07 Å². The molecule has 0 aliphatic heterocycles. The van der Waals surface area contributed by atoms with Gasteiger partial charge in [-0.05, 0) is 49.6 Å². The number of rotatable bonds is 28. The fourth-order valence-corrected chi connectivity index (χ4v) is 5.60. The number of esters is 1. The first-order chi connectivity index (χ1) is 21.7. The number of hydrogen-bond donors (Lipinski definition) is 0. The van der Waals surface area contributed by atoms with Gasteiger partial charge in [0, 0.05) is 6.61 Å². The smallest absolute Gasteiger partial charge is 0.343 e. The molecule has 0 spiro atoms. The number of benzene rings is 2. The van der Waals surface area contributed by atoms with Gasteiger partial charge in [0.15, 0.2) is 11.5 Å². The Hall–Kier alpha value is -2.33. The molecular weight excluding hydrogens is 544 g/mol. The maximum atomic E-state index is 12.8. The van der Waals surface area contributed by atoms with Crippen molar-refractivity contribution >= 4 is 5.97 Å². The van der Waals surface area contributed by atoms with E-state index in [2.05, 4.69) is 20.8 Å². The zero-order valence-corrected chi connectivity index (χ0v) is 28.6. The molecule has 2 aromatic carbocycles. The largest absolute Gasteiger partial charge is 0.490 e. The van der Waals surface area contributed by atoms with Crippen molar-refractivity contribution in [3.63, 3.8) is 0 Å². The summed E-state index contributed by atoms with van der Waals surface area (Å²) >= 11 is 0. The van der Waals surface area contributed by atoms with E-state index >= 15 is 0 Å². The number of unbranched alkanes of at least 4 members (excludes halogenated alkanes) is 19. The van der Waals surface area contributed by atoms with E-state index in [9.17, 15) is 4.79 Å². The Bertz CT molecular complexity index is 954. The van der Waals surface area contributed by atoms with Crippen LogP contribution in [0, 0.1) is 0 Å². The second-order valence-electron chi connectivity index (χ2n) is 12.5. The molecule has 0 bridgehead atoms. The highest BCUT2D eigenvalue weighted by Gasteiger charge is 2.14. The maximum absolute atomic E-state index is 12.8. The summed E-state index contributed by atoms with van der Waals surface area (Å²) in [5, 5.41) is 0. The summed E-state index contributed by atoms with van der Waals surface area (Å²) in [5.41, 5.74) is 1.59.